The first-order valence-electron chi connectivity index (χ1n) is 12.6. The lowest BCUT2D eigenvalue weighted by molar-refractivity contribution is -0.114. The normalized spacial score (nSPS) is 17.2. The molecule has 3 aromatic carbocycles. The van der Waals surface area contributed by atoms with Crippen LogP contribution in [0.4, 0.5) is 10.1 Å². The minimum Gasteiger partial charge on any atom is -0.506 e. The molecule has 2 aliphatic rings. The van der Waals surface area contributed by atoms with Crippen molar-refractivity contribution >= 4 is 23.1 Å². The van der Waals surface area contributed by atoms with E-state index in [1.54, 1.807) is 18.2 Å². The number of ketones is 1. The minimum atomic E-state index is -0.274. The second-order valence-electron chi connectivity index (χ2n) is 9.91. The molecule has 0 radical (unpaired) electrons. The third-order valence-corrected chi connectivity index (χ3v) is 7.10. The van der Waals surface area contributed by atoms with Gasteiger partial charge in [-0.05, 0) is 61.2 Å². The molecule has 1 amide bonds. The van der Waals surface area contributed by atoms with Crippen molar-refractivity contribution in [1.82, 2.24) is 4.90 Å². The molecular weight excluding hydrogens is 469 g/mol. The van der Waals surface area contributed by atoms with Gasteiger partial charge in [-0.3, -0.25) is 19.5 Å². The number of fused-ring (bicyclic) bond motifs is 1. The van der Waals surface area contributed by atoms with Crippen molar-refractivity contribution in [2.24, 2.45) is 10.9 Å². The number of benzene rings is 3. The highest BCUT2D eigenvalue weighted by Gasteiger charge is 2.25. The predicted octanol–water partition coefficient (Wildman–Crippen LogP) is 5.33. The van der Waals surface area contributed by atoms with Gasteiger partial charge in [-0.25, -0.2) is 4.39 Å². The van der Waals surface area contributed by atoms with E-state index in [0.717, 1.165) is 48.3 Å². The Bertz CT molecular complexity index is 1380. The summed E-state index contributed by atoms with van der Waals surface area (Å²) in [4.78, 5) is 31.7. The standard InChI is InChI=1S/C30H30FN3O3/c1-19(35)33-27-15-22(10-11-28(27)36)30-25-14-21(8-9-23(25)16-32-30)29(37)13-20-5-4-12-34(17-20)18-24-6-2-3-7-26(24)31/h2-3,6-11,14-15,20,36H,4-5,12-13,16-18H2,1H3,(H,33,35)/t20-/m0/s1. The van der Waals surface area contributed by atoms with E-state index in [2.05, 4.69) is 15.2 Å². The van der Waals surface area contributed by atoms with E-state index in [0.29, 0.717) is 36.3 Å². The van der Waals surface area contributed by atoms with Crippen molar-refractivity contribution in [3.8, 4) is 5.75 Å². The molecule has 5 rings (SSSR count). The number of piperidine rings is 1. The van der Waals surface area contributed by atoms with E-state index in [1.807, 2.05) is 30.3 Å². The monoisotopic (exact) mass is 499 g/mol. The fourth-order valence-corrected chi connectivity index (χ4v) is 5.29. The van der Waals surface area contributed by atoms with Crippen molar-refractivity contribution in [2.45, 2.75) is 39.3 Å². The Morgan fingerprint density at radius 1 is 1.14 bits per heavy atom. The number of rotatable bonds is 7. The average Bonchev–Trinajstić information content (AvgIpc) is 3.30. The molecule has 2 aliphatic heterocycles. The first kappa shape index (κ1) is 24.8. The fourth-order valence-electron chi connectivity index (χ4n) is 5.29. The summed E-state index contributed by atoms with van der Waals surface area (Å²) in [6.07, 6.45) is 2.42. The van der Waals surface area contributed by atoms with Gasteiger partial charge in [0.05, 0.1) is 17.9 Å². The number of phenolic OH excluding ortho intramolecular Hbond substituents is 1. The second-order valence-corrected chi connectivity index (χ2v) is 9.91. The SMILES string of the molecule is CC(=O)Nc1cc(C2=NCc3ccc(C(=O)C[C@@H]4CCCN(Cc5ccccc5F)C4)cc32)ccc1O. The Balaban J connectivity index is 1.29. The molecule has 1 fully saturated rings. The predicted molar refractivity (Wildman–Crippen MR) is 142 cm³/mol. The third kappa shape index (κ3) is 5.62. The largest absolute Gasteiger partial charge is 0.506 e. The van der Waals surface area contributed by atoms with Crippen LogP contribution in [0.15, 0.2) is 65.7 Å². The number of aliphatic imine (C=N–C) groups is 1. The van der Waals surface area contributed by atoms with Gasteiger partial charge in [0, 0.05) is 48.7 Å². The van der Waals surface area contributed by atoms with Crippen LogP contribution in [0.2, 0.25) is 0 Å². The number of Topliss-reactive ketones (excluding diaryl/α,β-unsaturated/α-hetero) is 1. The lowest BCUT2D eigenvalue weighted by atomic mass is 9.89. The second kappa shape index (κ2) is 10.6. The van der Waals surface area contributed by atoms with Gasteiger partial charge in [0.1, 0.15) is 11.6 Å². The molecule has 0 unspecified atom stereocenters. The number of nitrogens with one attached hydrogen (secondary N) is 1. The number of carbonyl (C=O) groups is 2. The first-order chi connectivity index (χ1) is 17.9. The molecule has 190 valence electrons. The first-order valence-corrected chi connectivity index (χ1v) is 12.6. The molecule has 37 heavy (non-hydrogen) atoms. The highest BCUT2D eigenvalue weighted by atomic mass is 19.1. The number of amides is 1. The summed E-state index contributed by atoms with van der Waals surface area (Å²) in [5.74, 6) is -0.153. The van der Waals surface area contributed by atoms with Crippen LogP contribution in [0.1, 0.15) is 58.8 Å². The molecule has 2 heterocycles. The number of aromatic hydroxyl groups is 1. The van der Waals surface area contributed by atoms with Crippen molar-refractivity contribution < 1.29 is 19.1 Å². The quantitative estimate of drug-likeness (QED) is 0.340. The summed E-state index contributed by atoms with van der Waals surface area (Å²) < 4.78 is 14.1. The third-order valence-electron chi connectivity index (χ3n) is 7.10. The lowest BCUT2D eigenvalue weighted by Crippen LogP contribution is -2.36. The zero-order chi connectivity index (χ0) is 25.9. The number of hydrogen-bond acceptors (Lipinski definition) is 5. The van der Waals surface area contributed by atoms with Crippen LogP contribution < -0.4 is 5.32 Å². The van der Waals surface area contributed by atoms with Gasteiger partial charge >= 0.3 is 0 Å². The smallest absolute Gasteiger partial charge is 0.221 e. The Morgan fingerprint density at radius 3 is 2.78 bits per heavy atom. The number of carbonyl (C=O) groups excluding carboxylic acids is 2. The van der Waals surface area contributed by atoms with Gasteiger partial charge in [0.15, 0.2) is 5.78 Å². The molecule has 6 nitrogen and oxygen atoms in total. The van der Waals surface area contributed by atoms with Gasteiger partial charge in [-0.2, -0.15) is 0 Å². The number of halogens is 1. The summed E-state index contributed by atoms with van der Waals surface area (Å²) in [6.45, 7) is 4.14. The molecule has 0 saturated carbocycles. The van der Waals surface area contributed by atoms with E-state index in [4.69, 9.17) is 0 Å². The van der Waals surface area contributed by atoms with Crippen LogP contribution in [-0.4, -0.2) is 40.5 Å². The summed E-state index contributed by atoms with van der Waals surface area (Å²) >= 11 is 0. The van der Waals surface area contributed by atoms with E-state index >= 15 is 0 Å². The van der Waals surface area contributed by atoms with Crippen LogP contribution in [0.3, 0.4) is 0 Å². The van der Waals surface area contributed by atoms with Crippen molar-refractivity contribution in [2.75, 3.05) is 18.4 Å². The number of hydrogen-bond donors (Lipinski definition) is 2. The molecule has 0 bridgehead atoms. The fraction of sp³-hybridized carbons (Fsp3) is 0.300. The number of anilines is 1. The zero-order valence-corrected chi connectivity index (χ0v) is 20.8. The molecule has 0 aliphatic carbocycles. The maximum atomic E-state index is 14.1. The van der Waals surface area contributed by atoms with Crippen LogP contribution in [0.25, 0.3) is 0 Å². The molecule has 7 heteroatoms. The van der Waals surface area contributed by atoms with Crippen molar-refractivity contribution in [3.63, 3.8) is 0 Å². The topological polar surface area (TPSA) is 82.0 Å². The van der Waals surface area contributed by atoms with E-state index in [-0.39, 0.29) is 29.2 Å². The summed E-state index contributed by atoms with van der Waals surface area (Å²) in [7, 11) is 0. The summed E-state index contributed by atoms with van der Waals surface area (Å²) in [5.41, 5.74) is 5.11. The molecule has 0 spiro atoms. The van der Waals surface area contributed by atoms with Gasteiger partial charge in [-0.15, -0.1) is 0 Å². The van der Waals surface area contributed by atoms with E-state index in [9.17, 15) is 19.1 Å². The molecule has 3 aromatic rings. The van der Waals surface area contributed by atoms with Crippen LogP contribution in [0, 0.1) is 11.7 Å². The number of nitrogens with zero attached hydrogens (tertiary/aromatic N) is 2. The highest BCUT2D eigenvalue weighted by molar-refractivity contribution is 6.16. The highest BCUT2D eigenvalue weighted by Crippen LogP contribution is 2.30. The molecule has 1 atom stereocenters. The van der Waals surface area contributed by atoms with Crippen LogP contribution >= 0.6 is 0 Å². The van der Waals surface area contributed by atoms with Crippen LogP contribution in [0.5, 0.6) is 5.75 Å². The molecule has 0 aromatic heterocycles. The van der Waals surface area contributed by atoms with E-state index in [1.165, 1.54) is 19.1 Å². The molecule has 1 saturated heterocycles. The Morgan fingerprint density at radius 2 is 1.97 bits per heavy atom. The Labute approximate surface area is 215 Å². The Kier molecular flexibility index (Phi) is 7.15. The maximum Gasteiger partial charge on any atom is 0.221 e. The molecule has 2 N–H and O–H groups in total. The Hall–Kier alpha value is -3.84. The van der Waals surface area contributed by atoms with E-state index < -0.39 is 0 Å². The van der Waals surface area contributed by atoms with Crippen LogP contribution in [-0.2, 0) is 17.9 Å². The number of phenols is 1. The maximum absolute atomic E-state index is 14.1. The summed E-state index contributed by atoms with van der Waals surface area (Å²) in [6, 6.07) is 17.6. The van der Waals surface area contributed by atoms with Gasteiger partial charge in [0.25, 0.3) is 0 Å². The van der Waals surface area contributed by atoms with Crippen molar-refractivity contribution in [1.29, 1.82) is 0 Å². The summed E-state index contributed by atoms with van der Waals surface area (Å²) in [5, 5.41) is 12.7. The lowest BCUT2D eigenvalue weighted by Gasteiger charge is -2.32. The minimum absolute atomic E-state index is 0.0155. The number of likely N-dealkylation sites (tertiary alicyclic amines) is 1. The van der Waals surface area contributed by atoms with Crippen molar-refractivity contribution in [3.05, 3.63) is 94.3 Å². The van der Waals surface area contributed by atoms with Gasteiger partial charge in [-0.1, -0.05) is 30.3 Å². The molecular formula is C30H30FN3O3. The zero-order valence-electron chi connectivity index (χ0n) is 20.8. The van der Waals surface area contributed by atoms with Gasteiger partial charge < -0.3 is 10.4 Å². The average molecular weight is 500 g/mol. The van der Waals surface area contributed by atoms with Gasteiger partial charge in [0.2, 0.25) is 5.91 Å².